The first-order chi connectivity index (χ1) is 8.28. The number of hydrogen-bond acceptors (Lipinski definition) is 5. The van der Waals surface area contributed by atoms with Crippen molar-refractivity contribution in [3.05, 3.63) is 0 Å². The summed E-state index contributed by atoms with van der Waals surface area (Å²) >= 11 is 0. The molecule has 2 unspecified atom stereocenters. The van der Waals surface area contributed by atoms with Crippen LogP contribution in [0.4, 0.5) is 0 Å². The predicted octanol–water partition coefficient (Wildman–Crippen LogP) is -0.0172. The minimum Gasteiger partial charge on any atom is -0.396 e. The van der Waals surface area contributed by atoms with Crippen LogP contribution in [0.1, 0.15) is 38.5 Å². The molecule has 5 nitrogen and oxygen atoms in total. The Kier molecular flexibility index (Phi) is 12.1. The molecule has 0 amide bonds. The third-order valence-corrected chi connectivity index (χ3v) is 2.75. The van der Waals surface area contributed by atoms with E-state index in [-0.39, 0.29) is 25.4 Å². The van der Waals surface area contributed by atoms with Gasteiger partial charge in [-0.25, -0.2) is 0 Å². The van der Waals surface area contributed by atoms with Crippen molar-refractivity contribution in [3.8, 4) is 0 Å². The summed E-state index contributed by atoms with van der Waals surface area (Å²) in [7, 11) is 0. The summed E-state index contributed by atoms with van der Waals surface area (Å²) in [6.07, 6.45) is 4.86. The number of hydrogen-bond donors (Lipinski definition) is 4. The van der Waals surface area contributed by atoms with Gasteiger partial charge in [-0.15, -0.1) is 0 Å². The van der Waals surface area contributed by atoms with E-state index in [2.05, 4.69) is 0 Å². The van der Waals surface area contributed by atoms with Gasteiger partial charge in [0.25, 0.3) is 0 Å². The SMILES string of the molecule is NCCCC(CCO)OC(CCO)CCCN. The summed E-state index contributed by atoms with van der Waals surface area (Å²) in [6, 6.07) is 0. The third kappa shape index (κ3) is 9.50. The van der Waals surface area contributed by atoms with E-state index in [1.165, 1.54) is 0 Å². The van der Waals surface area contributed by atoms with Gasteiger partial charge in [-0.1, -0.05) is 0 Å². The largest absolute Gasteiger partial charge is 0.396 e. The Bertz CT molecular complexity index is 143. The fourth-order valence-corrected chi connectivity index (χ4v) is 1.81. The Morgan fingerprint density at radius 3 is 1.47 bits per heavy atom. The van der Waals surface area contributed by atoms with Crippen LogP contribution >= 0.6 is 0 Å². The molecule has 0 saturated heterocycles. The molecule has 0 aromatic rings. The summed E-state index contributed by atoms with van der Waals surface area (Å²) in [5, 5.41) is 17.9. The molecule has 0 aliphatic carbocycles. The second kappa shape index (κ2) is 12.3. The van der Waals surface area contributed by atoms with Crippen molar-refractivity contribution in [2.45, 2.75) is 50.7 Å². The van der Waals surface area contributed by atoms with E-state index in [1.54, 1.807) is 0 Å². The van der Waals surface area contributed by atoms with Crippen LogP contribution < -0.4 is 11.5 Å². The predicted molar refractivity (Wildman–Crippen MR) is 68.6 cm³/mol. The molecule has 2 atom stereocenters. The van der Waals surface area contributed by atoms with E-state index in [9.17, 15) is 0 Å². The molecule has 0 bridgehead atoms. The maximum absolute atomic E-state index is 8.97. The number of rotatable bonds is 12. The van der Waals surface area contributed by atoms with Gasteiger partial charge in [0, 0.05) is 13.2 Å². The molecule has 5 heteroatoms. The zero-order valence-electron chi connectivity index (χ0n) is 10.7. The molecule has 0 radical (unpaired) electrons. The highest BCUT2D eigenvalue weighted by atomic mass is 16.5. The monoisotopic (exact) mass is 248 g/mol. The fraction of sp³-hybridized carbons (Fsp3) is 1.00. The van der Waals surface area contributed by atoms with Crippen molar-refractivity contribution >= 4 is 0 Å². The number of aliphatic hydroxyl groups excluding tert-OH is 2. The minimum atomic E-state index is 0.0397. The minimum absolute atomic E-state index is 0.0397. The van der Waals surface area contributed by atoms with E-state index in [4.69, 9.17) is 26.4 Å². The molecule has 0 aliphatic rings. The van der Waals surface area contributed by atoms with Gasteiger partial charge in [-0.3, -0.25) is 0 Å². The highest BCUT2D eigenvalue weighted by Gasteiger charge is 2.15. The third-order valence-electron chi connectivity index (χ3n) is 2.75. The van der Waals surface area contributed by atoms with E-state index in [0.29, 0.717) is 25.9 Å². The normalized spacial score (nSPS) is 14.8. The van der Waals surface area contributed by atoms with Gasteiger partial charge in [-0.2, -0.15) is 0 Å². The first-order valence-corrected chi connectivity index (χ1v) is 6.55. The molecule has 0 spiro atoms. The molecule has 6 N–H and O–H groups in total. The standard InChI is InChI=1S/C12H28N2O3/c13-7-1-3-11(5-9-15)17-12(6-10-16)4-2-8-14/h11-12,15-16H,1-10,13-14H2. The average Bonchev–Trinajstić information content (AvgIpc) is 2.33. The van der Waals surface area contributed by atoms with Gasteiger partial charge >= 0.3 is 0 Å². The Morgan fingerprint density at radius 2 is 1.18 bits per heavy atom. The van der Waals surface area contributed by atoms with Crippen LogP contribution in [-0.4, -0.2) is 48.7 Å². The number of ether oxygens (including phenoxy) is 1. The maximum Gasteiger partial charge on any atom is 0.0601 e. The van der Waals surface area contributed by atoms with Gasteiger partial charge < -0.3 is 26.4 Å². The summed E-state index contributed by atoms with van der Waals surface area (Å²) in [5.41, 5.74) is 10.9. The number of aliphatic hydroxyl groups is 2. The quantitative estimate of drug-likeness (QED) is 0.389. The van der Waals surface area contributed by atoms with Gasteiger partial charge in [-0.05, 0) is 51.6 Å². The van der Waals surface area contributed by atoms with Crippen molar-refractivity contribution in [1.82, 2.24) is 0 Å². The highest BCUT2D eigenvalue weighted by Crippen LogP contribution is 2.15. The van der Waals surface area contributed by atoms with Gasteiger partial charge in [0.05, 0.1) is 12.2 Å². The summed E-state index contributed by atoms with van der Waals surface area (Å²) < 4.78 is 5.90. The molecule has 0 saturated carbocycles. The molecular weight excluding hydrogens is 220 g/mol. The van der Waals surface area contributed by atoms with Crippen molar-refractivity contribution < 1.29 is 14.9 Å². The van der Waals surface area contributed by atoms with Crippen LogP contribution in [0.15, 0.2) is 0 Å². The second-order valence-electron chi connectivity index (χ2n) is 4.27. The summed E-state index contributed by atoms with van der Waals surface area (Å²) in [5.74, 6) is 0. The van der Waals surface area contributed by atoms with Crippen molar-refractivity contribution in [1.29, 1.82) is 0 Å². The van der Waals surface area contributed by atoms with Crippen LogP contribution in [0, 0.1) is 0 Å². The second-order valence-corrected chi connectivity index (χ2v) is 4.27. The fourth-order valence-electron chi connectivity index (χ4n) is 1.81. The maximum atomic E-state index is 8.97. The Hall–Kier alpha value is -0.200. The van der Waals surface area contributed by atoms with Gasteiger partial charge in [0.1, 0.15) is 0 Å². The smallest absolute Gasteiger partial charge is 0.0601 e. The van der Waals surface area contributed by atoms with Crippen LogP contribution in [0.2, 0.25) is 0 Å². The van der Waals surface area contributed by atoms with Crippen LogP contribution in [0.3, 0.4) is 0 Å². The zero-order valence-corrected chi connectivity index (χ0v) is 10.7. The first-order valence-electron chi connectivity index (χ1n) is 6.55. The number of nitrogens with two attached hydrogens (primary N) is 2. The summed E-state index contributed by atoms with van der Waals surface area (Å²) in [6.45, 7) is 1.52. The summed E-state index contributed by atoms with van der Waals surface area (Å²) in [4.78, 5) is 0. The van der Waals surface area contributed by atoms with Gasteiger partial charge in [0.15, 0.2) is 0 Å². The molecule has 0 heterocycles. The molecule has 0 rings (SSSR count). The van der Waals surface area contributed by atoms with E-state index in [0.717, 1.165) is 25.7 Å². The lowest BCUT2D eigenvalue weighted by Crippen LogP contribution is -2.25. The average molecular weight is 248 g/mol. The lowest BCUT2D eigenvalue weighted by Gasteiger charge is -2.24. The molecule has 17 heavy (non-hydrogen) atoms. The van der Waals surface area contributed by atoms with Crippen molar-refractivity contribution in [3.63, 3.8) is 0 Å². The molecule has 0 aromatic heterocycles. The molecule has 104 valence electrons. The van der Waals surface area contributed by atoms with Crippen molar-refractivity contribution in [2.24, 2.45) is 11.5 Å². The van der Waals surface area contributed by atoms with E-state index < -0.39 is 0 Å². The molecule has 0 aliphatic heterocycles. The van der Waals surface area contributed by atoms with Crippen LogP contribution in [0.5, 0.6) is 0 Å². The lowest BCUT2D eigenvalue weighted by atomic mass is 10.1. The van der Waals surface area contributed by atoms with E-state index in [1.807, 2.05) is 0 Å². The lowest BCUT2D eigenvalue weighted by molar-refractivity contribution is -0.0409. The zero-order chi connectivity index (χ0) is 12.9. The van der Waals surface area contributed by atoms with Crippen LogP contribution in [-0.2, 0) is 4.74 Å². The molecule has 0 fully saturated rings. The topological polar surface area (TPSA) is 102 Å². The first kappa shape index (κ1) is 16.8. The Balaban J connectivity index is 4.02. The molecular formula is C12H28N2O3. The Morgan fingerprint density at radius 1 is 0.765 bits per heavy atom. The van der Waals surface area contributed by atoms with Crippen LogP contribution in [0.25, 0.3) is 0 Å². The Labute approximate surface area is 104 Å². The molecule has 0 aromatic carbocycles. The highest BCUT2D eigenvalue weighted by molar-refractivity contribution is 4.65. The van der Waals surface area contributed by atoms with E-state index >= 15 is 0 Å². The van der Waals surface area contributed by atoms with Gasteiger partial charge in [0.2, 0.25) is 0 Å². The van der Waals surface area contributed by atoms with Crippen molar-refractivity contribution in [2.75, 3.05) is 26.3 Å².